The number of amides is 1. The normalized spacial score (nSPS) is 12.4. The summed E-state index contributed by atoms with van der Waals surface area (Å²) in [6.45, 7) is 0.879. The minimum absolute atomic E-state index is 0.284. The molecule has 0 aliphatic heterocycles. The van der Waals surface area contributed by atoms with Gasteiger partial charge in [-0.15, -0.1) is 0 Å². The molecule has 1 aromatic heterocycles. The molecule has 7 nitrogen and oxygen atoms in total. The number of benzene rings is 2. The lowest BCUT2D eigenvalue weighted by molar-refractivity contribution is -0.129. The first-order valence-corrected chi connectivity index (χ1v) is 12.0. The zero-order chi connectivity index (χ0) is 22.2. The average molecular weight is 508 g/mol. The SMILES string of the molecule is O=C(CCCCCCN(Cc1ccc(-c2cc3cc(Br)ccc3[nH]2)cc1)S(=O)O)NO. The standard InChI is InChI=1S/C22H26BrN3O4S/c23-19-10-11-20-18(13-19)14-21(24-20)17-8-6-16(7-9-17)15-26(31(29)30)12-4-2-1-3-5-22(27)25-28/h6-11,13-14,24,28H,1-5,12,15H2,(H,25,27)(H,29,30). The molecule has 0 saturated heterocycles. The van der Waals surface area contributed by atoms with E-state index < -0.39 is 11.3 Å². The van der Waals surface area contributed by atoms with E-state index >= 15 is 0 Å². The van der Waals surface area contributed by atoms with Gasteiger partial charge in [-0.05, 0) is 48.2 Å². The van der Waals surface area contributed by atoms with Crippen molar-refractivity contribution >= 4 is 44.0 Å². The second kappa shape index (κ2) is 11.5. The van der Waals surface area contributed by atoms with Crippen LogP contribution in [-0.4, -0.2) is 35.7 Å². The average Bonchev–Trinajstić information content (AvgIpc) is 3.18. The Bertz CT molecular complexity index is 1040. The summed E-state index contributed by atoms with van der Waals surface area (Å²) in [5, 5.41) is 9.60. The van der Waals surface area contributed by atoms with E-state index in [0.29, 0.717) is 19.5 Å². The van der Waals surface area contributed by atoms with Crippen molar-refractivity contribution in [1.29, 1.82) is 0 Å². The van der Waals surface area contributed by atoms with Crippen molar-refractivity contribution in [1.82, 2.24) is 14.8 Å². The van der Waals surface area contributed by atoms with E-state index in [4.69, 9.17) is 5.21 Å². The Morgan fingerprint density at radius 3 is 2.52 bits per heavy atom. The minimum Gasteiger partial charge on any atom is -0.355 e. The highest BCUT2D eigenvalue weighted by atomic mass is 79.9. The van der Waals surface area contributed by atoms with Gasteiger partial charge < -0.3 is 4.98 Å². The zero-order valence-corrected chi connectivity index (χ0v) is 19.4. The van der Waals surface area contributed by atoms with Crippen molar-refractivity contribution < 1.29 is 18.8 Å². The maximum Gasteiger partial charge on any atom is 0.243 e. The second-order valence-corrected chi connectivity index (χ2v) is 9.30. The number of unbranched alkanes of at least 4 members (excludes halogenated alkanes) is 3. The monoisotopic (exact) mass is 507 g/mol. The maximum atomic E-state index is 11.7. The molecular weight excluding hydrogens is 482 g/mol. The summed E-state index contributed by atoms with van der Waals surface area (Å²) in [6, 6.07) is 16.2. The zero-order valence-electron chi connectivity index (χ0n) is 17.0. The van der Waals surface area contributed by atoms with Crippen LogP contribution in [0.3, 0.4) is 0 Å². The molecule has 166 valence electrons. The third-order valence-electron chi connectivity index (χ3n) is 5.11. The molecule has 3 rings (SSSR count). The highest BCUT2D eigenvalue weighted by Crippen LogP contribution is 2.27. The van der Waals surface area contributed by atoms with Gasteiger partial charge in [0.25, 0.3) is 0 Å². The van der Waals surface area contributed by atoms with Crippen LogP contribution < -0.4 is 5.48 Å². The van der Waals surface area contributed by atoms with E-state index in [-0.39, 0.29) is 12.3 Å². The molecule has 0 aliphatic rings. The fourth-order valence-electron chi connectivity index (χ4n) is 3.45. The van der Waals surface area contributed by atoms with Gasteiger partial charge in [0.2, 0.25) is 17.2 Å². The number of aromatic nitrogens is 1. The predicted octanol–water partition coefficient (Wildman–Crippen LogP) is 4.99. The molecule has 0 bridgehead atoms. The highest BCUT2D eigenvalue weighted by molar-refractivity contribution is 9.10. The van der Waals surface area contributed by atoms with E-state index in [0.717, 1.165) is 51.5 Å². The third kappa shape index (κ3) is 6.98. The molecule has 31 heavy (non-hydrogen) atoms. The summed E-state index contributed by atoms with van der Waals surface area (Å²) < 4.78 is 23.9. The molecule has 0 radical (unpaired) electrons. The summed E-state index contributed by atoms with van der Waals surface area (Å²) in [4.78, 5) is 14.4. The van der Waals surface area contributed by atoms with Gasteiger partial charge in [-0.25, -0.2) is 9.69 Å². The maximum absolute atomic E-state index is 11.7. The van der Waals surface area contributed by atoms with Crippen LogP contribution in [0.2, 0.25) is 0 Å². The van der Waals surface area contributed by atoms with Crippen LogP contribution in [0.15, 0.2) is 53.0 Å². The summed E-state index contributed by atoms with van der Waals surface area (Å²) >= 11 is 1.44. The summed E-state index contributed by atoms with van der Waals surface area (Å²) in [5.41, 5.74) is 5.73. The van der Waals surface area contributed by atoms with Crippen molar-refractivity contribution in [3.05, 3.63) is 58.6 Å². The number of hydrogen-bond donors (Lipinski definition) is 4. The number of hydrogen-bond acceptors (Lipinski definition) is 3. The largest absolute Gasteiger partial charge is 0.355 e. The Balaban J connectivity index is 1.53. The van der Waals surface area contributed by atoms with Crippen molar-refractivity contribution in [2.24, 2.45) is 0 Å². The van der Waals surface area contributed by atoms with Crippen LogP contribution in [-0.2, 0) is 22.6 Å². The first kappa shape index (κ1) is 23.6. The second-order valence-electron chi connectivity index (χ2n) is 7.40. The number of fused-ring (bicyclic) bond motifs is 1. The number of hydroxylamine groups is 1. The first-order valence-electron chi connectivity index (χ1n) is 10.1. The number of aromatic amines is 1. The van der Waals surface area contributed by atoms with Crippen molar-refractivity contribution in [2.75, 3.05) is 6.54 Å². The molecule has 9 heteroatoms. The van der Waals surface area contributed by atoms with Crippen molar-refractivity contribution in [3.8, 4) is 11.3 Å². The number of carbonyl (C=O) groups is 1. The molecule has 1 amide bonds. The smallest absolute Gasteiger partial charge is 0.243 e. The molecule has 4 N–H and O–H groups in total. The highest BCUT2D eigenvalue weighted by Gasteiger charge is 2.12. The van der Waals surface area contributed by atoms with Gasteiger partial charge in [0.1, 0.15) is 0 Å². The molecule has 1 heterocycles. The first-order chi connectivity index (χ1) is 15.0. The fraction of sp³-hybridized carbons (Fsp3) is 0.318. The van der Waals surface area contributed by atoms with Gasteiger partial charge in [0.15, 0.2) is 0 Å². The van der Waals surface area contributed by atoms with E-state index in [1.807, 2.05) is 36.4 Å². The van der Waals surface area contributed by atoms with E-state index in [9.17, 15) is 13.6 Å². The van der Waals surface area contributed by atoms with E-state index in [2.05, 4.69) is 33.0 Å². The van der Waals surface area contributed by atoms with Crippen LogP contribution in [0.25, 0.3) is 22.2 Å². The topological polar surface area (TPSA) is 106 Å². The van der Waals surface area contributed by atoms with E-state index in [1.54, 1.807) is 5.48 Å². The Morgan fingerprint density at radius 2 is 1.81 bits per heavy atom. The summed E-state index contributed by atoms with van der Waals surface area (Å²) in [6.07, 6.45) is 3.40. The predicted molar refractivity (Wildman–Crippen MR) is 126 cm³/mol. The molecule has 1 atom stereocenters. The lowest BCUT2D eigenvalue weighted by atomic mass is 10.1. The van der Waals surface area contributed by atoms with Gasteiger partial charge in [-0.1, -0.05) is 53.0 Å². The number of nitrogens with zero attached hydrogens (tertiary/aromatic N) is 1. The number of rotatable bonds is 11. The van der Waals surface area contributed by atoms with Gasteiger partial charge in [-0.3, -0.25) is 14.6 Å². The quantitative estimate of drug-likeness (QED) is 0.127. The molecule has 1 unspecified atom stereocenters. The molecule has 0 aliphatic carbocycles. The Kier molecular flexibility index (Phi) is 8.79. The van der Waals surface area contributed by atoms with Gasteiger partial charge in [-0.2, -0.15) is 4.31 Å². The van der Waals surface area contributed by atoms with Crippen LogP contribution >= 0.6 is 15.9 Å². The van der Waals surface area contributed by atoms with Crippen molar-refractivity contribution in [3.63, 3.8) is 0 Å². The number of halogens is 1. The molecular formula is C22H26BrN3O4S. The van der Waals surface area contributed by atoms with Crippen LogP contribution in [0, 0.1) is 0 Å². The van der Waals surface area contributed by atoms with Crippen LogP contribution in [0.5, 0.6) is 0 Å². The van der Waals surface area contributed by atoms with Crippen LogP contribution in [0.1, 0.15) is 37.7 Å². The fourth-order valence-corrected chi connectivity index (χ4v) is 4.37. The van der Waals surface area contributed by atoms with Crippen molar-refractivity contribution in [2.45, 2.75) is 38.6 Å². The summed E-state index contributed by atoms with van der Waals surface area (Å²) in [5.74, 6) is -0.387. The Labute approximate surface area is 192 Å². The van der Waals surface area contributed by atoms with Gasteiger partial charge in [0, 0.05) is 40.6 Å². The third-order valence-corrected chi connectivity index (χ3v) is 6.36. The van der Waals surface area contributed by atoms with Gasteiger partial charge >= 0.3 is 0 Å². The number of nitrogens with one attached hydrogen (secondary N) is 2. The molecule has 3 aromatic rings. The minimum atomic E-state index is -2.05. The number of carbonyl (C=O) groups excluding carboxylic acids is 1. The lowest BCUT2D eigenvalue weighted by Gasteiger charge is -2.17. The Morgan fingerprint density at radius 1 is 1.06 bits per heavy atom. The van der Waals surface area contributed by atoms with Gasteiger partial charge in [0.05, 0.1) is 0 Å². The van der Waals surface area contributed by atoms with Crippen LogP contribution in [0.4, 0.5) is 0 Å². The molecule has 2 aromatic carbocycles. The Hall–Kier alpha value is -2.04. The summed E-state index contributed by atoms with van der Waals surface area (Å²) in [7, 11) is 0. The molecule has 0 spiro atoms. The van der Waals surface area contributed by atoms with E-state index in [1.165, 1.54) is 4.31 Å². The molecule has 0 saturated carbocycles. The number of H-pyrrole nitrogens is 1. The molecule has 0 fully saturated rings. The lowest BCUT2D eigenvalue weighted by Crippen LogP contribution is -2.26.